The third-order valence-corrected chi connectivity index (χ3v) is 3.50. The zero-order valence-corrected chi connectivity index (χ0v) is 10.3. The summed E-state index contributed by atoms with van der Waals surface area (Å²) in [5.74, 6) is 1.51. The van der Waals surface area contributed by atoms with E-state index in [2.05, 4.69) is 5.32 Å². The van der Waals surface area contributed by atoms with Gasteiger partial charge in [0.05, 0.1) is 5.56 Å². The Morgan fingerprint density at radius 1 is 1.53 bits per heavy atom. The first-order valence-corrected chi connectivity index (χ1v) is 6.10. The van der Waals surface area contributed by atoms with Crippen LogP contribution in [0.2, 0.25) is 0 Å². The predicted molar refractivity (Wildman–Crippen MR) is 63.9 cm³/mol. The third-order valence-electron chi connectivity index (χ3n) is 3.50. The summed E-state index contributed by atoms with van der Waals surface area (Å²) in [6.07, 6.45) is 3.01. The summed E-state index contributed by atoms with van der Waals surface area (Å²) in [6.45, 7) is 3.77. The number of aliphatic hydroxyl groups excluding tert-OH is 1. The van der Waals surface area contributed by atoms with Crippen molar-refractivity contribution in [1.82, 2.24) is 5.32 Å². The molecule has 2 rings (SSSR count). The average molecular weight is 237 g/mol. The van der Waals surface area contributed by atoms with Crippen molar-refractivity contribution in [2.75, 3.05) is 6.61 Å². The van der Waals surface area contributed by atoms with Crippen LogP contribution in [0.5, 0.6) is 0 Å². The molecule has 1 aliphatic carbocycles. The van der Waals surface area contributed by atoms with Crippen molar-refractivity contribution in [3.05, 3.63) is 23.2 Å². The van der Waals surface area contributed by atoms with Gasteiger partial charge in [-0.15, -0.1) is 0 Å². The van der Waals surface area contributed by atoms with E-state index in [-0.39, 0.29) is 24.5 Å². The molecule has 1 fully saturated rings. The first kappa shape index (κ1) is 12.2. The molecular formula is C13H19NO3. The van der Waals surface area contributed by atoms with Crippen molar-refractivity contribution in [3.63, 3.8) is 0 Å². The van der Waals surface area contributed by atoms with Gasteiger partial charge < -0.3 is 14.8 Å². The molecule has 0 saturated heterocycles. The molecule has 1 amide bonds. The van der Waals surface area contributed by atoms with Crippen LogP contribution in [-0.4, -0.2) is 23.7 Å². The number of amides is 1. The molecule has 0 aliphatic heterocycles. The minimum Gasteiger partial charge on any atom is -0.466 e. The molecule has 2 unspecified atom stereocenters. The molecule has 94 valence electrons. The van der Waals surface area contributed by atoms with Gasteiger partial charge in [0.2, 0.25) is 0 Å². The summed E-state index contributed by atoms with van der Waals surface area (Å²) in [4.78, 5) is 12.0. The lowest BCUT2D eigenvalue weighted by atomic mass is 10.0. The smallest absolute Gasteiger partial charge is 0.255 e. The minimum atomic E-state index is -0.0929. The maximum absolute atomic E-state index is 12.0. The quantitative estimate of drug-likeness (QED) is 0.842. The van der Waals surface area contributed by atoms with Crippen LogP contribution in [0.1, 0.15) is 41.1 Å². The number of carbonyl (C=O) groups is 1. The maximum Gasteiger partial charge on any atom is 0.255 e. The van der Waals surface area contributed by atoms with Gasteiger partial charge >= 0.3 is 0 Å². The lowest BCUT2D eigenvalue weighted by Crippen LogP contribution is -2.38. The molecule has 17 heavy (non-hydrogen) atoms. The fourth-order valence-electron chi connectivity index (χ4n) is 2.55. The Bertz CT molecular complexity index is 411. The van der Waals surface area contributed by atoms with Gasteiger partial charge in [-0.1, -0.05) is 6.42 Å². The number of aliphatic hydroxyl groups is 1. The maximum atomic E-state index is 12.0. The highest BCUT2D eigenvalue weighted by Crippen LogP contribution is 2.25. The van der Waals surface area contributed by atoms with Gasteiger partial charge in [-0.25, -0.2) is 0 Å². The zero-order valence-electron chi connectivity index (χ0n) is 10.3. The molecule has 4 heteroatoms. The Balaban J connectivity index is 2.04. The standard InChI is InChI=1S/C13H19NO3/c1-8-6-11(9(2)17-8)13(16)14-12-5-3-4-10(12)7-15/h6,10,12,15H,3-5,7H2,1-2H3,(H,14,16). The van der Waals surface area contributed by atoms with Gasteiger partial charge in [-0.2, -0.15) is 0 Å². The van der Waals surface area contributed by atoms with Crippen molar-refractivity contribution in [2.45, 2.75) is 39.2 Å². The number of nitrogens with one attached hydrogen (secondary N) is 1. The second kappa shape index (κ2) is 4.92. The second-order valence-corrected chi connectivity index (χ2v) is 4.78. The van der Waals surface area contributed by atoms with Crippen molar-refractivity contribution in [2.24, 2.45) is 5.92 Å². The second-order valence-electron chi connectivity index (χ2n) is 4.78. The van der Waals surface area contributed by atoms with Crippen molar-refractivity contribution in [1.29, 1.82) is 0 Å². The number of carbonyl (C=O) groups excluding carboxylic acids is 1. The number of furan rings is 1. The summed E-state index contributed by atoms with van der Waals surface area (Å²) in [6, 6.07) is 1.86. The van der Waals surface area contributed by atoms with E-state index in [1.54, 1.807) is 13.0 Å². The lowest BCUT2D eigenvalue weighted by molar-refractivity contribution is 0.0914. The molecule has 0 radical (unpaired) electrons. The Morgan fingerprint density at radius 3 is 2.88 bits per heavy atom. The van der Waals surface area contributed by atoms with Gasteiger partial charge in [-0.3, -0.25) is 4.79 Å². The van der Waals surface area contributed by atoms with E-state index in [0.29, 0.717) is 11.3 Å². The number of hydrogen-bond acceptors (Lipinski definition) is 3. The molecule has 1 saturated carbocycles. The summed E-state index contributed by atoms with van der Waals surface area (Å²) < 4.78 is 5.34. The van der Waals surface area contributed by atoms with Crippen molar-refractivity contribution >= 4 is 5.91 Å². The molecule has 1 aromatic heterocycles. The lowest BCUT2D eigenvalue weighted by Gasteiger charge is -2.18. The van der Waals surface area contributed by atoms with E-state index >= 15 is 0 Å². The third kappa shape index (κ3) is 2.52. The summed E-state index contributed by atoms with van der Waals surface area (Å²) in [5.41, 5.74) is 0.603. The van der Waals surface area contributed by atoms with E-state index in [9.17, 15) is 9.90 Å². The number of aryl methyl sites for hydroxylation is 2. The fraction of sp³-hybridized carbons (Fsp3) is 0.615. The molecule has 0 bridgehead atoms. The Hall–Kier alpha value is -1.29. The molecule has 1 aromatic rings. The van der Waals surface area contributed by atoms with E-state index in [4.69, 9.17) is 4.42 Å². The van der Waals surface area contributed by atoms with Gasteiger partial charge in [0.15, 0.2) is 0 Å². The van der Waals surface area contributed by atoms with Gasteiger partial charge in [0, 0.05) is 18.6 Å². The van der Waals surface area contributed by atoms with Crippen LogP contribution in [0.15, 0.2) is 10.5 Å². The highest BCUT2D eigenvalue weighted by molar-refractivity contribution is 5.95. The number of rotatable bonds is 3. The van der Waals surface area contributed by atoms with Crippen LogP contribution in [0.4, 0.5) is 0 Å². The highest BCUT2D eigenvalue weighted by Gasteiger charge is 2.28. The van der Waals surface area contributed by atoms with Crippen molar-refractivity contribution < 1.29 is 14.3 Å². The molecule has 4 nitrogen and oxygen atoms in total. The molecule has 1 aliphatic rings. The van der Waals surface area contributed by atoms with Crippen molar-refractivity contribution in [3.8, 4) is 0 Å². The van der Waals surface area contributed by atoms with Crippen LogP contribution in [-0.2, 0) is 0 Å². The van der Waals surface area contributed by atoms with Crippen LogP contribution in [0.25, 0.3) is 0 Å². The predicted octanol–water partition coefficient (Wildman–Crippen LogP) is 1.79. The molecular weight excluding hydrogens is 218 g/mol. The van der Waals surface area contributed by atoms with Crippen LogP contribution < -0.4 is 5.32 Å². The highest BCUT2D eigenvalue weighted by atomic mass is 16.3. The normalized spacial score (nSPS) is 23.9. The van der Waals surface area contributed by atoms with E-state index in [1.807, 2.05) is 6.92 Å². The first-order valence-electron chi connectivity index (χ1n) is 6.10. The largest absolute Gasteiger partial charge is 0.466 e. The van der Waals surface area contributed by atoms with Crippen LogP contribution in [0, 0.1) is 19.8 Å². The van der Waals surface area contributed by atoms with E-state index in [0.717, 1.165) is 25.0 Å². The topological polar surface area (TPSA) is 62.5 Å². The summed E-state index contributed by atoms with van der Waals surface area (Å²) in [7, 11) is 0. The average Bonchev–Trinajstić information content (AvgIpc) is 2.84. The molecule has 2 N–H and O–H groups in total. The monoisotopic (exact) mass is 237 g/mol. The van der Waals surface area contributed by atoms with Gasteiger partial charge in [0.25, 0.3) is 5.91 Å². The van der Waals surface area contributed by atoms with Gasteiger partial charge in [-0.05, 0) is 32.8 Å². The molecule has 0 spiro atoms. The Labute approximate surface area is 101 Å². The van der Waals surface area contributed by atoms with E-state index < -0.39 is 0 Å². The fourth-order valence-corrected chi connectivity index (χ4v) is 2.55. The Kier molecular flexibility index (Phi) is 3.52. The summed E-state index contributed by atoms with van der Waals surface area (Å²) in [5, 5.41) is 12.2. The first-order chi connectivity index (χ1) is 8.11. The van der Waals surface area contributed by atoms with Gasteiger partial charge in [0.1, 0.15) is 11.5 Å². The van der Waals surface area contributed by atoms with Crippen LogP contribution >= 0.6 is 0 Å². The molecule has 2 atom stereocenters. The van der Waals surface area contributed by atoms with Crippen LogP contribution in [0.3, 0.4) is 0 Å². The molecule has 0 aromatic carbocycles. The van der Waals surface area contributed by atoms with E-state index in [1.165, 1.54) is 0 Å². The number of hydrogen-bond donors (Lipinski definition) is 2. The molecule has 1 heterocycles. The Morgan fingerprint density at radius 2 is 2.29 bits per heavy atom. The SMILES string of the molecule is Cc1cc(C(=O)NC2CCCC2CO)c(C)o1. The minimum absolute atomic E-state index is 0.0929. The summed E-state index contributed by atoms with van der Waals surface area (Å²) >= 11 is 0. The zero-order chi connectivity index (χ0) is 12.4.